The van der Waals surface area contributed by atoms with Crippen molar-refractivity contribution in [2.45, 2.75) is 26.2 Å². The van der Waals surface area contributed by atoms with Gasteiger partial charge in [0.1, 0.15) is 0 Å². The Morgan fingerprint density at radius 1 is 1.37 bits per heavy atom. The van der Waals surface area contributed by atoms with Gasteiger partial charge >= 0.3 is 0 Å². The quantitative estimate of drug-likeness (QED) is 0.926. The number of likely N-dealkylation sites (tertiary alicyclic amines) is 1. The van der Waals surface area contributed by atoms with E-state index in [2.05, 4.69) is 0 Å². The Kier molecular flexibility index (Phi) is 6.32. The Morgan fingerprint density at radius 2 is 2.05 bits per heavy atom. The van der Waals surface area contributed by atoms with Gasteiger partial charge in [0.15, 0.2) is 0 Å². The van der Waals surface area contributed by atoms with Crippen LogP contribution in [0.1, 0.15) is 35.2 Å². The molecule has 1 atom stereocenters. The summed E-state index contributed by atoms with van der Waals surface area (Å²) in [6.45, 7) is 4.50. The molecule has 0 aliphatic carbocycles. The summed E-state index contributed by atoms with van der Waals surface area (Å²) in [5.41, 5.74) is 7.59. The molecule has 1 unspecified atom stereocenters. The minimum Gasteiger partial charge on any atom is -0.338 e. The first-order valence-corrected chi connectivity index (χ1v) is 6.76. The molecule has 1 amide bonds. The molecule has 0 radical (unpaired) electrons. The van der Waals surface area contributed by atoms with Crippen LogP contribution in [0.2, 0.25) is 0 Å². The number of halogens is 1. The second kappa shape index (κ2) is 7.51. The van der Waals surface area contributed by atoms with Crippen LogP contribution in [-0.2, 0) is 0 Å². The molecule has 1 heterocycles. The molecule has 0 bridgehead atoms. The number of rotatable bonds is 3. The molecule has 1 saturated heterocycles. The maximum atomic E-state index is 12.4. The number of piperidine rings is 1. The van der Waals surface area contributed by atoms with Crippen LogP contribution in [0.15, 0.2) is 24.3 Å². The molecule has 0 aromatic heterocycles. The Hall–Kier alpha value is -1.06. The fraction of sp³-hybridized carbons (Fsp3) is 0.533. The van der Waals surface area contributed by atoms with E-state index in [4.69, 9.17) is 5.73 Å². The third-order valence-corrected chi connectivity index (χ3v) is 3.68. The summed E-state index contributed by atoms with van der Waals surface area (Å²) in [7, 11) is 0. The summed E-state index contributed by atoms with van der Waals surface area (Å²) in [6.07, 6.45) is 3.33. The highest BCUT2D eigenvalue weighted by atomic mass is 35.5. The number of hydrogen-bond acceptors (Lipinski definition) is 2. The predicted molar refractivity (Wildman–Crippen MR) is 80.7 cm³/mol. The molecule has 2 N–H and O–H groups in total. The average molecular weight is 283 g/mol. The lowest BCUT2D eigenvalue weighted by Crippen LogP contribution is -2.40. The molecule has 4 heteroatoms. The van der Waals surface area contributed by atoms with Gasteiger partial charge in [-0.3, -0.25) is 4.79 Å². The maximum Gasteiger partial charge on any atom is 0.253 e. The van der Waals surface area contributed by atoms with Crippen molar-refractivity contribution in [1.82, 2.24) is 4.90 Å². The van der Waals surface area contributed by atoms with Gasteiger partial charge in [-0.2, -0.15) is 0 Å². The fourth-order valence-electron chi connectivity index (χ4n) is 2.60. The van der Waals surface area contributed by atoms with E-state index in [0.717, 1.165) is 38.0 Å². The van der Waals surface area contributed by atoms with Gasteiger partial charge in [0.25, 0.3) is 5.91 Å². The monoisotopic (exact) mass is 282 g/mol. The summed E-state index contributed by atoms with van der Waals surface area (Å²) in [5.74, 6) is 0.745. The van der Waals surface area contributed by atoms with E-state index in [1.54, 1.807) is 0 Å². The summed E-state index contributed by atoms with van der Waals surface area (Å²) in [5, 5.41) is 0. The zero-order valence-corrected chi connectivity index (χ0v) is 12.3. The summed E-state index contributed by atoms with van der Waals surface area (Å²) in [4.78, 5) is 14.3. The standard InChI is InChI=1S/C15H22N2O.ClH/c1-12-4-6-14(7-5-12)15(18)17-10-2-3-13(11-17)8-9-16;/h4-7,13H,2-3,8-11,16H2,1H3;1H. The molecule has 1 aromatic rings. The molecular weight excluding hydrogens is 260 g/mol. The second-order valence-electron chi connectivity index (χ2n) is 5.20. The zero-order chi connectivity index (χ0) is 13.0. The van der Waals surface area contributed by atoms with Gasteiger partial charge in [0.2, 0.25) is 0 Å². The second-order valence-corrected chi connectivity index (χ2v) is 5.20. The van der Waals surface area contributed by atoms with Gasteiger partial charge in [-0.25, -0.2) is 0 Å². The number of carbonyl (C=O) groups excluding carboxylic acids is 1. The van der Waals surface area contributed by atoms with Crippen molar-refractivity contribution in [1.29, 1.82) is 0 Å². The van der Waals surface area contributed by atoms with Gasteiger partial charge in [0, 0.05) is 18.7 Å². The van der Waals surface area contributed by atoms with Crippen LogP contribution in [-0.4, -0.2) is 30.4 Å². The summed E-state index contributed by atoms with van der Waals surface area (Å²) < 4.78 is 0. The molecule has 106 valence electrons. The van der Waals surface area contributed by atoms with Crippen molar-refractivity contribution < 1.29 is 4.79 Å². The van der Waals surface area contributed by atoms with E-state index in [9.17, 15) is 4.79 Å². The van der Waals surface area contributed by atoms with Crippen LogP contribution in [0, 0.1) is 12.8 Å². The summed E-state index contributed by atoms with van der Waals surface area (Å²) >= 11 is 0. The van der Waals surface area contributed by atoms with E-state index in [1.165, 1.54) is 12.0 Å². The number of carbonyl (C=O) groups is 1. The van der Waals surface area contributed by atoms with Gasteiger partial charge in [0.05, 0.1) is 0 Å². The third-order valence-electron chi connectivity index (χ3n) is 3.68. The number of nitrogens with two attached hydrogens (primary N) is 1. The molecule has 1 aliphatic heterocycles. The summed E-state index contributed by atoms with van der Waals surface area (Å²) in [6, 6.07) is 7.83. The van der Waals surface area contributed by atoms with Gasteiger partial charge in [-0.1, -0.05) is 17.7 Å². The molecule has 19 heavy (non-hydrogen) atoms. The molecule has 0 spiro atoms. The van der Waals surface area contributed by atoms with E-state index in [0.29, 0.717) is 5.92 Å². The van der Waals surface area contributed by atoms with Crippen molar-refractivity contribution in [3.8, 4) is 0 Å². The number of amides is 1. The molecule has 2 rings (SSSR count). The van der Waals surface area contributed by atoms with Crippen LogP contribution in [0.4, 0.5) is 0 Å². The Bertz CT molecular complexity index is 403. The van der Waals surface area contributed by atoms with E-state index < -0.39 is 0 Å². The fourth-order valence-corrected chi connectivity index (χ4v) is 2.60. The predicted octanol–water partition coefficient (Wildman–Crippen LogP) is 2.62. The molecule has 3 nitrogen and oxygen atoms in total. The van der Waals surface area contributed by atoms with Crippen molar-refractivity contribution in [3.05, 3.63) is 35.4 Å². The number of benzene rings is 1. The lowest BCUT2D eigenvalue weighted by atomic mass is 9.94. The van der Waals surface area contributed by atoms with E-state index in [1.807, 2.05) is 36.1 Å². The molecule has 0 saturated carbocycles. The van der Waals surface area contributed by atoms with Crippen LogP contribution in [0.5, 0.6) is 0 Å². The van der Waals surface area contributed by atoms with Crippen LogP contribution < -0.4 is 5.73 Å². The number of nitrogens with zero attached hydrogens (tertiary/aromatic N) is 1. The average Bonchev–Trinajstić information content (AvgIpc) is 2.39. The van der Waals surface area contributed by atoms with Crippen molar-refractivity contribution in [3.63, 3.8) is 0 Å². The minimum absolute atomic E-state index is 0. The van der Waals surface area contributed by atoms with Gasteiger partial charge < -0.3 is 10.6 Å². The molecule has 1 aromatic carbocycles. The van der Waals surface area contributed by atoms with Gasteiger partial charge in [-0.15, -0.1) is 12.4 Å². The lowest BCUT2D eigenvalue weighted by molar-refractivity contribution is 0.0669. The Morgan fingerprint density at radius 3 is 2.68 bits per heavy atom. The Labute approximate surface area is 121 Å². The minimum atomic E-state index is 0. The first-order chi connectivity index (χ1) is 8.70. The zero-order valence-electron chi connectivity index (χ0n) is 11.5. The Balaban J connectivity index is 0.00000180. The highest BCUT2D eigenvalue weighted by Gasteiger charge is 2.23. The molecule has 1 fully saturated rings. The van der Waals surface area contributed by atoms with Crippen LogP contribution in [0.3, 0.4) is 0 Å². The molecule has 1 aliphatic rings. The SMILES string of the molecule is Cc1ccc(C(=O)N2CCCC(CCN)C2)cc1.Cl. The van der Waals surface area contributed by atoms with Crippen molar-refractivity contribution in [2.75, 3.05) is 19.6 Å². The number of hydrogen-bond donors (Lipinski definition) is 1. The normalized spacial score (nSPS) is 18.8. The lowest BCUT2D eigenvalue weighted by Gasteiger charge is -2.32. The largest absolute Gasteiger partial charge is 0.338 e. The smallest absolute Gasteiger partial charge is 0.253 e. The van der Waals surface area contributed by atoms with Gasteiger partial charge in [-0.05, 0) is 50.8 Å². The van der Waals surface area contributed by atoms with Crippen LogP contribution in [0.25, 0.3) is 0 Å². The highest BCUT2D eigenvalue weighted by molar-refractivity contribution is 5.94. The van der Waals surface area contributed by atoms with E-state index in [-0.39, 0.29) is 18.3 Å². The number of aryl methyl sites for hydroxylation is 1. The third kappa shape index (κ3) is 4.22. The van der Waals surface area contributed by atoms with Crippen molar-refractivity contribution >= 4 is 18.3 Å². The van der Waals surface area contributed by atoms with Crippen LogP contribution >= 0.6 is 12.4 Å². The topological polar surface area (TPSA) is 46.3 Å². The maximum absolute atomic E-state index is 12.4. The first-order valence-electron chi connectivity index (χ1n) is 6.76. The molecular formula is C15H23ClN2O. The van der Waals surface area contributed by atoms with Crippen molar-refractivity contribution in [2.24, 2.45) is 11.7 Å². The highest BCUT2D eigenvalue weighted by Crippen LogP contribution is 2.20. The first kappa shape index (κ1) is 16.0. The van der Waals surface area contributed by atoms with E-state index >= 15 is 0 Å².